The Morgan fingerprint density at radius 2 is 0.968 bits per heavy atom. The van der Waals surface area contributed by atoms with E-state index in [1.54, 1.807) is 0 Å². The van der Waals surface area contributed by atoms with Gasteiger partial charge < -0.3 is 10.1 Å². The molecule has 182 valence electrons. The Morgan fingerprint density at radius 1 is 0.645 bits per heavy atom. The number of nitrogens with one attached hydrogen (secondary N) is 1. The van der Waals surface area contributed by atoms with Crippen molar-refractivity contribution in [3.8, 4) is 0 Å². The van der Waals surface area contributed by atoms with Crippen molar-refractivity contribution in [1.82, 2.24) is 5.32 Å². The number of halogens is 15. The second-order valence-electron chi connectivity index (χ2n) is 5.37. The van der Waals surface area contributed by atoms with Gasteiger partial charge in [-0.05, 0) is 0 Å². The molecule has 1 N–H and O–H groups in total. The van der Waals surface area contributed by atoms with Crippen LogP contribution in [0.2, 0.25) is 0 Å². The van der Waals surface area contributed by atoms with Gasteiger partial charge in [-0.1, -0.05) is 6.58 Å². The number of esters is 1. The van der Waals surface area contributed by atoms with E-state index in [1.165, 1.54) is 0 Å². The van der Waals surface area contributed by atoms with Gasteiger partial charge in [-0.25, -0.2) is 4.79 Å². The van der Waals surface area contributed by atoms with E-state index in [-0.39, 0.29) is 0 Å². The molecule has 0 unspecified atom stereocenters. The van der Waals surface area contributed by atoms with Crippen LogP contribution >= 0.6 is 0 Å². The van der Waals surface area contributed by atoms with E-state index in [9.17, 15) is 75.4 Å². The third kappa shape index (κ3) is 3.97. The zero-order valence-electron chi connectivity index (χ0n) is 14.1. The molecule has 4 nitrogen and oxygen atoms in total. The number of alkyl halides is 15. The summed E-state index contributed by atoms with van der Waals surface area (Å²) >= 11 is 0. The molecule has 31 heavy (non-hydrogen) atoms. The fraction of sp³-hybridized carbons (Fsp3) is 0.667. The molecule has 0 aliphatic rings. The monoisotopic (exact) mass is 497 g/mol. The number of hydrogen-bond donors (Lipinski definition) is 1. The van der Waals surface area contributed by atoms with Crippen molar-refractivity contribution in [2.24, 2.45) is 0 Å². The first kappa shape index (κ1) is 28.6. The molecule has 19 heteroatoms. The number of ether oxygens (including phenoxy) is 1. The Bertz CT molecular complexity index is 740. The molecule has 0 aliphatic heterocycles. The van der Waals surface area contributed by atoms with Gasteiger partial charge in [0.15, 0.2) is 0 Å². The third-order valence-electron chi connectivity index (χ3n) is 3.31. The third-order valence-corrected chi connectivity index (χ3v) is 3.31. The number of methoxy groups -OCH3 is 1. The van der Waals surface area contributed by atoms with Gasteiger partial charge in [-0.2, -0.15) is 65.9 Å². The average Bonchev–Trinajstić information content (AvgIpc) is 2.58. The number of hydrogen-bond acceptors (Lipinski definition) is 3. The second kappa shape index (κ2) is 7.64. The number of carbonyl (C=O) groups excluding carboxylic acids is 2. The van der Waals surface area contributed by atoms with E-state index in [0.717, 1.165) is 0 Å². The fourth-order valence-electron chi connectivity index (χ4n) is 1.50. The van der Waals surface area contributed by atoms with Crippen molar-refractivity contribution >= 4 is 11.9 Å². The second-order valence-corrected chi connectivity index (χ2v) is 5.37. The van der Waals surface area contributed by atoms with E-state index in [2.05, 4.69) is 11.3 Å². The Kier molecular flexibility index (Phi) is 7.06. The summed E-state index contributed by atoms with van der Waals surface area (Å²) in [5.74, 6) is -54.4. The summed E-state index contributed by atoms with van der Waals surface area (Å²) in [6.07, 6.45) is -7.73. The lowest BCUT2D eigenvalue weighted by Crippen LogP contribution is -2.74. The molecule has 0 saturated carbocycles. The fourth-order valence-corrected chi connectivity index (χ4v) is 1.50. The van der Waals surface area contributed by atoms with Gasteiger partial charge >= 0.3 is 53.6 Å². The van der Waals surface area contributed by atoms with Crippen molar-refractivity contribution in [3.05, 3.63) is 12.3 Å². The Labute approximate surface area is 160 Å². The molecule has 0 heterocycles. The van der Waals surface area contributed by atoms with Crippen LogP contribution < -0.4 is 5.32 Å². The summed E-state index contributed by atoms with van der Waals surface area (Å²) in [5.41, 5.74) is -1.70. The molecule has 0 spiro atoms. The van der Waals surface area contributed by atoms with E-state index < -0.39 is 59.3 Å². The predicted molar refractivity (Wildman–Crippen MR) is 65.0 cm³/mol. The summed E-state index contributed by atoms with van der Waals surface area (Å²) in [6.45, 7) is 2.41. The van der Waals surface area contributed by atoms with Crippen LogP contribution in [0.4, 0.5) is 65.9 Å². The van der Waals surface area contributed by atoms with Crippen LogP contribution in [0.5, 0.6) is 0 Å². The van der Waals surface area contributed by atoms with Gasteiger partial charge in [-0.3, -0.25) is 4.79 Å². The highest BCUT2D eigenvalue weighted by atomic mass is 19.4. The van der Waals surface area contributed by atoms with E-state index in [4.69, 9.17) is 0 Å². The predicted octanol–water partition coefficient (Wildman–Crippen LogP) is 4.16. The molecular weight excluding hydrogens is 491 g/mol. The van der Waals surface area contributed by atoms with Crippen LogP contribution in [0, 0.1) is 0 Å². The standard InChI is InChI=1S/C12H6F15NO3/c1-3(4(29)31-2)28-5(30)6(13,14)7(15,16)8(17,18)9(19,20)10(21,22)11(23,24)12(25,26)27/h1H2,2H3,(H,28,30). The molecule has 0 rings (SSSR count). The highest BCUT2D eigenvalue weighted by molar-refractivity contribution is 5.95. The SMILES string of the molecule is C=C(NC(=O)C(F)(F)C(F)(F)C(F)(F)C(F)(F)C(F)(F)C(F)(F)C(F)(F)F)C(=O)OC. The largest absolute Gasteiger partial charge is 0.464 e. The van der Waals surface area contributed by atoms with Gasteiger partial charge in [0.25, 0.3) is 0 Å². The van der Waals surface area contributed by atoms with Crippen LogP contribution in [0.3, 0.4) is 0 Å². The minimum Gasteiger partial charge on any atom is -0.464 e. The molecular formula is C12H6F15NO3. The maximum absolute atomic E-state index is 13.4. The van der Waals surface area contributed by atoms with Crippen molar-refractivity contribution in [3.63, 3.8) is 0 Å². The van der Waals surface area contributed by atoms with Gasteiger partial charge in [0.05, 0.1) is 7.11 Å². The Morgan fingerprint density at radius 3 is 1.29 bits per heavy atom. The molecule has 0 aliphatic carbocycles. The molecule has 0 fully saturated rings. The molecule has 0 aromatic heterocycles. The van der Waals surface area contributed by atoms with Crippen molar-refractivity contribution in [1.29, 1.82) is 0 Å². The molecule has 0 aromatic rings. The van der Waals surface area contributed by atoms with E-state index >= 15 is 0 Å². The van der Waals surface area contributed by atoms with Crippen molar-refractivity contribution < 1.29 is 80.2 Å². The van der Waals surface area contributed by atoms with Crippen LogP contribution in [0.15, 0.2) is 12.3 Å². The van der Waals surface area contributed by atoms with Gasteiger partial charge in [0, 0.05) is 0 Å². The summed E-state index contributed by atoms with van der Waals surface area (Å²) in [5, 5.41) is 0.362. The van der Waals surface area contributed by atoms with Crippen molar-refractivity contribution in [2.45, 2.75) is 41.7 Å². The summed E-state index contributed by atoms with van der Waals surface area (Å²) in [7, 11) is 0.476. The molecule has 0 radical (unpaired) electrons. The first-order chi connectivity index (χ1) is 13.3. The van der Waals surface area contributed by atoms with Crippen molar-refractivity contribution in [2.75, 3.05) is 7.11 Å². The van der Waals surface area contributed by atoms with Crippen LogP contribution in [-0.2, 0) is 14.3 Å². The first-order valence-corrected chi connectivity index (χ1v) is 6.71. The number of carbonyl (C=O) groups is 2. The van der Waals surface area contributed by atoms with E-state index in [1.807, 2.05) is 0 Å². The molecule has 1 amide bonds. The zero-order valence-corrected chi connectivity index (χ0v) is 14.1. The smallest absolute Gasteiger partial charge is 0.460 e. The van der Waals surface area contributed by atoms with Gasteiger partial charge in [-0.15, -0.1) is 0 Å². The maximum atomic E-state index is 13.4. The lowest BCUT2D eigenvalue weighted by atomic mass is 9.91. The quantitative estimate of drug-likeness (QED) is 0.312. The van der Waals surface area contributed by atoms with Gasteiger partial charge in [0.2, 0.25) is 0 Å². The highest BCUT2D eigenvalue weighted by Crippen LogP contribution is 2.62. The lowest BCUT2D eigenvalue weighted by molar-refractivity contribution is -0.449. The Balaban J connectivity index is 6.47. The van der Waals surface area contributed by atoms with Crippen LogP contribution in [0.1, 0.15) is 0 Å². The minimum absolute atomic E-state index is 0.362. The zero-order chi connectivity index (χ0) is 25.6. The highest BCUT2D eigenvalue weighted by Gasteiger charge is 2.94. The Hall–Kier alpha value is -2.37. The van der Waals surface area contributed by atoms with Crippen LogP contribution in [0.25, 0.3) is 0 Å². The topological polar surface area (TPSA) is 55.4 Å². The maximum Gasteiger partial charge on any atom is 0.460 e. The summed E-state index contributed by atoms with van der Waals surface area (Å²) < 4.78 is 198. The molecule has 0 aromatic carbocycles. The molecule has 0 atom stereocenters. The molecule has 0 saturated heterocycles. The number of rotatable bonds is 8. The minimum atomic E-state index is -8.52. The van der Waals surface area contributed by atoms with Crippen LogP contribution in [-0.4, -0.2) is 60.7 Å². The lowest BCUT2D eigenvalue weighted by Gasteiger charge is -2.41. The first-order valence-electron chi connectivity index (χ1n) is 6.71. The molecule has 0 bridgehead atoms. The summed E-state index contributed by atoms with van der Waals surface area (Å²) in [6, 6.07) is 0. The normalized spacial score (nSPS) is 14.8. The average molecular weight is 497 g/mol. The summed E-state index contributed by atoms with van der Waals surface area (Å²) in [4.78, 5) is 21.8. The van der Waals surface area contributed by atoms with E-state index in [0.29, 0.717) is 12.4 Å². The number of amides is 1. The van der Waals surface area contributed by atoms with Gasteiger partial charge in [0.1, 0.15) is 5.70 Å².